The fourth-order valence-electron chi connectivity index (χ4n) is 3.07. The van der Waals surface area contributed by atoms with Crippen LogP contribution in [0.1, 0.15) is 21.5 Å². The van der Waals surface area contributed by atoms with Crippen molar-refractivity contribution in [2.24, 2.45) is 0 Å². The third kappa shape index (κ3) is 4.45. The average Bonchev–Trinajstić information content (AvgIpc) is 3.18. The number of carbonyl (C=O) groups is 1. The molecule has 1 aliphatic heterocycles. The zero-order valence-electron chi connectivity index (χ0n) is 16.7. The lowest BCUT2D eigenvalue weighted by atomic mass is 10.1. The molecule has 0 bridgehead atoms. The smallest absolute Gasteiger partial charge is 0.263 e. The molecule has 9 heteroatoms. The van der Waals surface area contributed by atoms with E-state index in [-0.39, 0.29) is 22.3 Å². The summed E-state index contributed by atoms with van der Waals surface area (Å²) in [5, 5.41) is 2.73. The monoisotopic (exact) mass is 458 g/mol. The first kappa shape index (κ1) is 21.0. The summed E-state index contributed by atoms with van der Waals surface area (Å²) < 4.78 is 39.1. The van der Waals surface area contributed by atoms with Crippen molar-refractivity contribution in [1.29, 1.82) is 0 Å². The van der Waals surface area contributed by atoms with Crippen molar-refractivity contribution in [3.63, 3.8) is 0 Å². The Kier molecular flexibility index (Phi) is 5.51. The molecule has 0 saturated carbocycles. The van der Waals surface area contributed by atoms with Gasteiger partial charge in [-0.1, -0.05) is 23.7 Å². The Labute approximate surface area is 185 Å². The first-order chi connectivity index (χ1) is 14.7. The molecule has 0 unspecified atom stereocenters. The number of nitrogens with one attached hydrogen (secondary N) is 2. The van der Waals surface area contributed by atoms with E-state index in [1.165, 1.54) is 18.2 Å². The normalized spacial score (nSPS) is 12.5. The number of halogens is 1. The Morgan fingerprint density at radius 1 is 0.968 bits per heavy atom. The first-order valence-corrected chi connectivity index (χ1v) is 11.2. The van der Waals surface area contributed by atoms with Gasteiger partial charge in [-0.25, -0.2) is 8.42 Å². The largest absolute Gasteiger partial charge is 0.454 e. The number of fused-ring (bicyclic) bond motifs is 1. The van der Waals surface area contributed by atoms with Crippen LogP contribution in [-0.4, -0.2) is 21.1 Å². The number of aryl methyl sites for hydroxylation is 2. The van der Waals surface area contributed by atoms with Crippen molar-refractivity contribution >= 4 is 38.9 Å². The maximum absolute atomic E-state index is 13.0. The van der Waals surface area contributed by atoms with Gasteiger partial charge in [-0.05, 0) is 61.4 Å². The summed E-state index contributed by atoms with van der Waals surface area (Å²) in [5.74, 6) is 0.629. The Bertz CT molecular complexity index is 1290. The zero-order chi connectivity index (χ0) is 22.2. The highest BCUT2D eigenvalue weighted by molar-refractivity contribution is 7.92. The molecule has 4 rings (SSSR count). The minimum Gasteiger partial charge on any atom is -0.454 e. The topological polar surface area (TPSA) is 93.7 Å². The van der Waals surface area contributed by atoms with Crippen LogP contribution in [0.3, 0.4) is 0 Å². The van der Waals surface area contributed by atoms with Crippen LogP contribution in [0.2, 0.25) is 5.02 Å². The molecular formula is C22H19ClN2O5S. The molecule has 7 nitrogen and oxygen atoms in total. The number of carbonyl (C=O) groups excluding carboxylic acids is 1. The maximum atomic E-state index is 13.0. The Morgan fingerprint density at radius 3 is 2.55 bits per heavy atom. The van der Waals surface area contributed by atoms with Gasteiger partial charge in [0.05, 0.1) is 10.7 Å². The number of ether oxygens (including phenoxy) is 2. The molecule has 0 aromatic heterocycles. The number of anilines is 2. The molecule has 0 fully saturated rings. The van der Waals surface area contributed by atoms with E-state index >= 15 is 0 Å². The van der Waals surface area contributed by atoms with E-state index in [4.69, 9.17) is 21.1 Å². The van der Waals surface area contributed by atoms with Crippen LogP contribution in [0.4, 0.5) is 11.4 Å². The van der Waals surface area contributed by atoms with E-state index in [0.29, 0.717) is 22.9 Å². The Hall–Kier alpha value is -3.23. The van der Waals surface area contributed by atoms with Crippen molar-refractivity contribution in [3.05, 3.63) is 76.3 Å². The van der Waals surface area contributed by atoms with Crippen molar-refractivity contribution in [2.45, 2.75) is 18.7 Å². The molecular weight excluding hydrogens is 440 g/mol. The summed E-state index contributed by atoms with van der Waals surface area (Å²) in [5.41, 5.74) is 2.75. The van der Waals surface area contributed by atoms with Gasteiger partial charge in [-0.15, -0.1) is 0 Å². The lowest BCUT2D eigenvalue weighted by Crippen LogP contribution is -2.17. The lowest BCUT2D eigenvalue weighted by molar-refractivity contribution is 0.102. The first-order valence-electron chi connectivity index (χ1n) is 9.33. The average molecular weight is 459 g/mol. The fraction of sp³-hybridized carbons (Fsp3) is 0.136. The molecule has 0 radical (unpaired) electrons. The summed E-state index contributed by atoms with van der Waals surface area (Å²) in [4.78, 5) is 12.5. The molecule has 31 heavy (non-hydrogen) atoms. The van der Waals surface area contributed by atoms with Gasteiger partial charge < -0.3 is 14.8 Å². The Balaban J connectivity index is 1.60. The van der Waals surface area contributed by atoms with Crippen LogP contribution in [0.25, 0.3) is 0 Å². The number of hydrogen-bond acceptors (Lipinski definition) is 5. The van der Waals surface area contributed by atoms with Gasteiger partial charge in [-0.3, -0.25) is 9.52 Å². The summed E-state index contributed by atoms with van der Waals surface area (Å²) in [7, 11) is -4.02. The van der Waals surface area contributed by atoms with Crippen LogP contribution in [0.5, 0.6) is 11.5 Å². The Morgan fingerprint density at radius 2 is 1.74 bits per heavy atom. The van der Waals surface area contributed by atoms with Gasteiger partial charge in [0.15, 0.2) is 11.5 Å². The van der Waals surface area contributed by atoms with Gasteiger partial charge in [-0.2, -0.15) is 0 Å². The summed E-state index contributed by atoms with van der Waals surface area (Å²) >= 11 is 6.17. The van der Waals surface area contributed by atoms with E-state index in [1.807, 2.05) is 19.1 Å². The highest BCUT2D eigenvalue weighted by Gasteiger charge is 2.22. The molecule has 0 atom stereocenters. The number of hydrogen-bond donors (Lipinski definition) is 2. The molecule has 3 aromatic carbocycles. The highest BCUT2D eigenvalue weighted by atomic mass is 35.5. The second-order valence-corrected chi connectivity index (χ2v) is 9.15. The summed E-state index contributed by atoms with van der Waals surface area (Å²) in [6.07, 6.45) is 0. The number of benzene rings is 3. The second kappa shape index (κ2) is 8.13. The summed E-state index contributed by atoms with van der Waals surface area (Å²) in [6, 6.07) is 14.5. The number of rotatable bonds is 5. The molecule has 1 amide bonds. The van der Waals surface area contributed by atoms with Crippen molar-refractivity contribution in [2.75, 3.05) is 16.8 Å². The SMILES string of the molecule is Cc1ccc(C)c(NS(=O)(=O)c2cc(C(=O)Nc3ccc4c(c3)OCO4)ccc2Cl)c1. The van der Waals surface area contributed by atoms with Gasteiger partial charge in [0.1, 0.15) is 4.90 Å². The second-order valence-electron chi connectivity index (χ2n) is 7.09. The predicted octanol–water partition coefficient (Wildman–Crippen LogP) is 4.74. The predicted molar refractivity (Wildman–Crippen MR) is 119 cm³/mol. The maximum Gasteiger partial charge on any atom is 0.263 e. The molecule has 2 N–H and O–H groups in total. The van der Waals surface area contributed by atoms with Gasteiger partial charge in [0, 0.05) is 17.3 Å². The van der Waals surface area contributed by atoms with E-state index < -0.39 is 15.9 Å². The molecule has 0 saturated heterocycles. The lowest BCUT2D eigenvalue weighted by Gasteiger charge is -2.13. The number of amides is 1. The molecule has 0 spiro atoms. The van der Waals surface area contributed by atoms with E-state index in [9.17, 15) is 13.2 Å². The summed E-state index contributed by atoms with van der Waals surface area (Å²) in [6.45, 7) is 3.79. The molecule has 1 aliphatic rings. The molecule has 3 aromatic rings. The third-order valence-electron chi connectivity index (χ3n) is 4.75. The van der Waals surface area contributed by atoms with Crippen LogP contribution in [0, 0.1) is 13.8 Å². The molecule has 160 valence electrons. The van der Waals surface area contributed by atoms with Crippen molar-refractivity contribution < 1.29 is 22.7 Å². The minimum atomic E-state index is -4.02. The van der Waals surface area contributed by atoms with Gasteiger partial charge in [0.2, 0.25) is 6.79 Å². The highest BCUT2D eigenvalue weighted by Crippen LogP contribution is 2.34. The van der Waals surface area contributed by atoms with Crippen molar-refractivity contribution in [1.82, 2.24) is 0 Å². The zero-order valence-corrected chi connectivity index (χ0v) is 18.3. The standard InChI is InChI=1S/C22H19ClN2O5S/c1-13-3-4-14(2)18(9-13)25-31(27,28)21-10-15(5-7-17(21)23)22(26)24-16-6-8-19-20(11-16)30-12-29-19/h3-11,25H,12H2,1-2H3,(H,24,26). The minimum absolute atomic E-state index is 0.0115. The van der Waals surface area contributed by atoms with Crippen molar-refractivity contribution in [3.8, 4) is 11.5 Å². The fourth-order valence-corrected chi connectivity index (χ4v) is 4.72. The van der Waals surface area contributed by atoms with Crippen LogP contribution < -0.4 is 19.5 Å². The third-order valence-corrected chi connectivity index (χ3v) is 6.60. The number of sulfonamides is 1. The molecule has 1 heterocycles. The molecule has 0 aliphatic carbocycles. The van der Waals surface area contributed by atoms with Gasteiger partial charge >= 0.3 is 0 Å². The van der Waals surface area contributed by atoms with E-state index in [1.54, 1.807) is 31.2 Å². The van der Waals surface area contributed by atoms with Crippen LogP contribution in [0.15, 0.2) is 59.5 Å². The van der Waals surface area contributed by atoms with Gasteiger partial charge in [0.25, 0.3) is 15.9 Å². The van der Waals surface area contributed by atoms with E-state index in [2.05, 4.69) is 10.0 Å². The van der Waals surface area contributed by atoms with Crippen LogP contribution >= 0.6 is 11.6 Å². The van der Waals surface area contributed by atoms with Crippen LogP contribution in [-0.2, 0) is 10.0 Å². The quantitative estimate of drug-likeness (QED) is 0.576. The van der Waals surface area contributed by atoms with E-state index in [0.717, 1.165) is 11.1 Å².